The van der Waals surface area contributed by atoms with Crippen LogP contribution in [-0.4, -0.2) is 15.0 Å². The first-order chi connectivity index (χ1) is 9.74. The highest BCUT2D eigenvalue weighted by Crippen LogP contribution is 2.16. The fraction of sp³-hybridized carbons (Fsp3) is 0.200. The van der Waals surface area contributed by atoms with Gasteiger partial charge in [0, 0.05) is 6.07 Å². The van der Waals surface area contributed by atoms with E-state index in [-0.39, 0.29) is 5.82 Å². The van der Waals surface area contributed by atoms with Crippen LogP contribution in [0, 0.1) is 5.82 Å². The van der Waals surface area contributed by atoms with Crippen molar-refractivity contribution in [2.75, 3.05) is 0 Å². The summed E-state index contributed by atoms with van der Waals surface area (Å²) in [6.45, 7) is 2.39. The van der Waals surface area contributed by atoms with Crippen LogP contribution < -0.4 is 4.74 Å². The Hall–Kier alpha value is -2.43. The second kappa shape index (κ2) is 5.28. The summed E-state index contributed by atoms with van der Waals surface area (Å²) in [4.78, 5) is 11.2. The highest BCUT2D eigenvalue weighted by Gasteiger charge is 2.06. The Balaban J connectivity index is 1.76. The molecular formula is C15H14FN3O. The van der Waals surface area contributed by atoms with E-state index >= 15 is 0 Å². The second-order valence-electron chi connectivity index (χ2n) is 4.50. The fourth-order valence-corrected chi connectivity index (χ4v) is 2.00. The molecule has 20 heavy (non-hydrogen) atoms. The maximum absolute atomic E-state index is 13.0. The number of fused-ring (bicyclic) bond motifs is 1. The van der Waals surface area contributed by atoms with Gasteiger partial charge in [0.2, 0.25) is 0 Å². The number of benzene rings is 1. The van der Waals surface area contributed by atoms with Crippen LogP contribution in [0.5, 0.6) is 5.75 Å². The number of hydrogen-bond donors (Lipinski definition) is 1. The van der Waals surface area contributed by atoms with Crippen LogP contribution in [-0.2, 0) is 13.0 Å². The molecular weight excluding hydrogens is 257 g/mol. The molecule has 2 heterocycles. The van der Waals surface area contributed by atoms with Gasteiger partial charge >= 0.3 is 0 Å². The summed E-state index contributed by atoms with van der Waals surface area (Å²) in [6, 6.07) is 9.29. The second-order valence-corrected chi connectivity index (χ2v) is 4.50. The van der Waals surface area contributed by atoms with Crippen LogP contribution in [0.2, 0.25) is 0 Å². The highest BCUT2D eigenvalue weighted by molar-refractivity contribution is 5.70. The molecule has 0 amide bonds. The minimum atomic E-state index is -0.385. The number of pyridine rings is 1. The Kier molecular flexibility index (Phi) is 3.33. The van der Waals surface area contributed by atoms with Crippen molar-refractivity contribution in [3.63, 3.8) is 0 Å². The normalized spacial score (nSPS) is 10.9. The summed E-state index contributed by atoms with van der Waals surface area (Å²) >= 11 is 0. The lowest BCUT2D eigenvalue weighted by atomic mass is 10.2. The molecule has 0 saturated carbocycles. The Labute approximate surface area is 115 Å². The molecule has 0 aliphatic heterocycles. The van der Waals surface area contributed by atoms with E-state index < -0.39 is 0 Å². The number of rotatable bonds is 4. The summed E-state index contributed by atoms with van der Waals surface area (Å²) in [6.07, 6.45) is 2.11. The third-order valence-corrected chi connectivity index (χ3v) is 3.04. The van der Waals surface area contributed by atoms with E-state index in [2.05, 4.69) is 27.9 Å². The van der Waals surface area contributed by atoms with Crippen LogP contribution >= 0.6 is 0 Å². The van der Waals surface area contributed by atoms with Crippen molar-refractivity contribution in [2.24, 2.45) is 0 Å². The molecule has 102 valence electrons. The number of imidazole rings is 1. The van der Waals surface area contributed by atoms with Gasteiger partial charge in [-0.1, -0.05) is 19.1 Å². The Morgan fingerprint density at radius 2 is 2.20 bits per heavy atom. The van der Waals surface area contributed by atoms with Crippen molar-refractivity contribution in [3.05, 3.63) is 53.7 Å². The van der Waals surface area contributed by atoms with E-state index in [1.54, 1.807) is 0 Å². The number of H-pyrrole nitrogens is 1. The quantitative estimate of drug-likeness (QED) is 0.792. The summed E-state index contributed by atoms with van der Waals surface area (Å²) in [5, 5.41) is 0. The zero-order chi connectivity index (χ0) is 13.9. The lowest BCUT2D eigenvalue weighted by molar-refractivity contribution is 0.297. The summed E-state index contributed by atoms with van der Waals surface area (Å²) in [7, 11) is 0. The van der Waals surface area contributed by atoms with Gasteiger partial charge in [-0.3, -0.25) is 0 Å². The maximum atomic E-state index is 13.0. The molecule has 0 fully saturated rings. The molecule has 1 N–H and O–H groups in total. The molecule has 0 bridgehead atoms. The van der Waals surface area contributed by atoms with E-state index in [4.69, 9.17) is 4.74 Å². The van der Waals surface area contributed by atoms with Gasteiger partial charge in [-0.25, -0.2) is 14.4 Å². The minimum Gasteiger partial charge on any atom is -0.486 e. The van der Waals surface area contributed by atoms with Gasteiger partial charge in [0.05, 0.1) is 11.7 Å². The molecule has 0 atom stereocenters. The topological polar surface area (TPSA) is 50.8 Å². The van der Waals surface area contributed by atoms with E-state index in [0.29, 0.717) is 23.6 Å². The minimum absolute atomic E-state index is 0.297. The first kappa shape index (κ1) is 12.6. The zero-order valence-electron chi connectivity index (χ0n) is 11.1. The van der Waals surface area contributed by atoms with Gasteiger partial charge in [-0.2, -0.15) is 0 Å². The molecule has 0 radical (unpaired) electrons. The third-order valence-electron chi connectivity index (χ3n) is 3.04. The molecule has 0 aliphatic rings. The van der Waals surface area contributed by atoms with Crippen LogP contribution in [0.25, 0.3) is 11.2 Å². The predicted molar refractivity (Wildman–Crippen MR) is 74.0 cm³/mol. The number of aromatic nitrogens is 3. The lowest BCUT2D eigenvalue weighted by Crippen LogP contribution is -1.97. The third kappa shape index (κ3) is 2.61. The monoisotopic (exact) mass is 271 g/mol. The Bertz CT molecular complexity index is 739. The van der Waals surface area contributed by atoms with Crippen molar-refractivity contribution < 1.29 is 9.13 Å². The maximum Gasteiger partial charge on any atom is 0.178 e. The molecule has 3 rings (SSSR count). The number of halogens is 1. The Morgan fingerprint density at radius 3 is 3.05 bits per heavy atom. The lowest BCUT2D eigenvalue weighted by Gasteiger charge is -2.05. The molecule has 1 aromatic carbocycles. The van der Waals surface area contributed by atoms with Crippen molar-refractivity contribution in [3.8, 4) is 5.75 Å². The van der Waals surface area contributed by atoms with Gasteiger partial charge in [0.25, 0.3) is 0 Å². The standard InChI is InChI=1S/C15H14FN3O/c1-2-10-4-3-5-12(6-10)20-9-14-18-13-7-11(16)8-17-15(13)19-14/h3-8H,2,9H2,1H3,(H,17,18,19). The number of hydrogen-bond acceptors (Lipinski definition) is 3. The molecule has 2 aromatic heterocycles. The first-order valence-electron chi connectivity index (χ1n) is 6.46. The zero-order valence-corrected chi connectivity index (χ0v) is 11.1. The highest BCUT2D eigenvalue weighted by atomic mass is 19.1. The van der Waals surface area contributed by atoms with E-state index in [1.165, 1.54) is 11.6 Å². The largest absolute Gasteiger partial charge is 0.486 e. The van der Waals surface area contributed by atoms with Crippen LogP contribution in [0.1, 0.15) is 18.3 Å². The summed E-state index contributed by atoms with van der Waals surface area (Å²) in [5.41, 5.74) is 2.29. The van der Waals surface area contributed by atoms with E-state index in [9.17, 15) is 4.39 Å². The van der Waals surface area contributed by atoms with Crippen molar-refractivity contribution in [1.29, 1.82) is 0 Å². The number of aryl methyl sites for hydroxylation is 1. The van der Waals surface area contributed by atoms with Gasteiger partial charge in [0.1, 0.15) is 24.0 Å². The summed E-state index contributed by atoms with van der Waals surface area (Å²) < 4.78 is 18.7. The molecule has 4 nitrogen and oxygen atoms in total. The molecule has 0 aliphatic carbocycles. The summed E-state index contributed by atoms with van der Waals surface area (Å²) in [5.74, 6) is 1.04. The fourth-order valence-electron chi connectivity index (χ4n) is 2.00. The van der Waals surface area contributed by atoms with Gasteiger partial charge < -0.3 is 9.72 Å². The average molecular weight is 271 g/mol. The van der Waals surface area contributed by atoms with Crippen LogP contribution in [0.3, 0.4) is 0 Å². The molecule has 3 aromatic rings. The Morgan fingerprint density at radius 1 is 1.30 bits per heavy atom. The van der Waals surface area contributed by atoms with Gasteiger partial charge in [-0.05, 0) is 24.1 Å². The molecule has 0 spiro atoms. The first-order valence-corrected chi connectivity index (χ1v) is 6.46. The average Bonchev–Trinajstić information content (AvgIpc) is 2.87. The number of aromatic amines is 1. The van der Waals surface area contributed by atoms with Crippen molar-refractivity contribution >= 4 is 11.2 Å². The van der Waals surface area contributed by atoms with Gasteiger partial charge in [0.15, 0.2) is 5.65 Å². The van der Waals surface area contributed by atoms with Crippen molar-refractivity contribution in [1.82, 2.24) is 15.0 Å². The number of nitrogens with zero attached hydrogens (tertiary/aromatic N) is 2. The van der Waals surface area contributed by atoms with E-state index in [0.717, 1.165) is 18.4 Å². The molecule has 5 heteroatoms. The smallest absolute Gasteiger partial charge is 0.178 e. The number of ether oxygens (including phenoxy) is 1. The number of nitrogens with one attached hydrogen (secondary N) is 1. The van der Waals surface area contributed by atoms with E-state index in [1.807, 2.05) is 18.2 Å². The van der Waals surface area contributed by atoms with Crippen molar-refractivity contribution in [2.45, 2.75) is 20.0 Å². The van der Waals surface area contributed by atoms with Gasteiger partial charge in [-0.15, -0.1) is 0 Å². The van der Waals surface area contributed by atoms with Crippen LogP contribution in [0.4, 0.5) is 4.39 Å². The molecule has 0 saturated heterocycles. The SMILES string of the molecule is CCc1cccc(OCc2nc3ncc(F)cc3[nH]2)c1. The predicted octanol–water partition coefficient (Wildman–Crippen LogP) is 3.24. The molecule has 0 unspecified atom stereocenters. The van der Waals surface area contributed by atoms with Crippen LogP contribution in [0.15, 0.2) is 36.5 Å².